The summed E-state index contributed by atoms with van der Waals surface area (Å²) in [6.45, 7) is 5.82. The van der Waals surface area contributed by atoms with E-state index in [-0.39, 0.29) is 11.6 Å². The van der Waals surface area contributed by atoms with Crippen LogP contribution in [0.5, 0.6) is 0 Å². The molecule has 1 aromatic carbocycles. The van der Waals surface area contributed by atoms with Gasteiger partial charge in [0.15, 0.2) is 5.78 Å². The minimum atomic E-state index is -0.845. The maximum absolute atomic E-state index is 12.9. The van der Waals surface area contributed by atoms with E-state index in [1.165, 1.54) is 37.1 Å². The number of ether oxygens (including phenoxy) is 1. The molecule has 1 N–H and O–H groups in total. The van der Waals surface area contributed by atoms with Gasteiger partial charge in [-0.2, -0.15) is 0 Å². The zero-order valence-electron chi connectivity index (χ0n) is 15.3. The molecule has 2 heterocycles. The summed E-state index contributed by atoms with van der Waals surface area (Å²) in [6, 6.07) is 5.70. The van der Waals surface area contributed by atoms with Crippen molar-refractivity contribution in [3.63, 3.8) is 0 Å². The van der Waals surface area contributed by atoms with Crippen LogP contribution in [-0.4, -0.2) is 78.8 Å². The molecule has 3 rings (SSSR count). The number of hydrogen-bond acceptors (Lipinski definition) is 5. The molecule has 0 aromatic heterocycles. The number of ketones is 1. The molecule has 26 heavy (non-hydrogen) atoms. The lowest BCUT2D eigenvalue weighted by Crippen LogP contribution is -2.52. The number of rotatable bonds is 7. The molecule has 0 spiro atoms. The summed E-state index contributed by atoms with van der Waals surface area (Å²) in [5, 5.41) is 11.0. The smallest absolute Gasteiger partial charge is 0.162 e. The maximum Gasteiger partial charge on any atom is 0.162 e. The van der Waals surface area contributed by atoms with Crippen molar-refractivity contribution in [2.24, 2.45) is 0 Å². The Morgan fingerprint density at radius 3 is 2.62 bits per heavy atom. The molecule has 1 atom stereocenters. The first-order valence-corrected chi connectivity index (χ1v) is 9.58. The van der Waals surface area contributed by atoms with Gasteiger partial charge in [0, 0.05) is 31.6 Å². The van der Waals surface area contributed by atoms with Crippen molar-refractivity contribution >= 4 is 5.78 Å². The standard InChI is InChI=1S/C20H29FN2O3/c21-18-7-5-17(6-8-18)19(24)4-3-11-23-12-13-26-16-20(25,15-23)14-22-9-1-2-10-22/h5-8,25H,1-4,9-16H2/t20-/m0/s1. The van der Waals surface area contributed by atoms with Gasteiger partial charge in [-0.15, -0.1) is 0 Å². The molecule has 0 unspecified atom stereocenters. The van der Waals surface area contributed by atoms with E-state index < -0.39 is 5.60 Å². The average molecular weight is 364 g/mol. The lowest BCUT2D eigenvalue weighted by atomic mass is 10.0. The van der Waals surface area contributed by atoms with Crippen molar-refractivity contribution < 1.29 is 19.0 Å². The quantitative estimate of drug-likeness (QED) is 0.750. The summed E-state index contributed by atoms with van der Waals surface area (Å²) in [4.78, 5) is 16.7. The van der Waals surface area contributed by atoms with Gasteiger partial charge in [0.05, 0.1) is 13.2 Å². The molecule has 1 aromatic rings. The second-order valence-electron chi connectivity index (χ2n) is 7.57. The molecule has 0 amide bonds. The number of β-amino-alcohol motifs (C(OH)–C–C–N with tert-alkyl or cyclic N) is 1. The molecule has 6 heteroatoms. The molecule has 0 aliphatic carbocycles. The Morgan fingerprint density at radius 2 is 1.88 bits per heavy atom. The van der Waals surface area contributed by atoms with Crippen molar-refractivity contribution in [1.82, 2.24) is 9.80 Å². The van der Waals surface area contributed by atoms with Crippen LogP contribution >= 0.6 is 0 Å². The first kappa shape index (κ1) is 19.4. The van der Waals surface area contributed by atoms with E-state index in [2.05, 4.69) is 9.80 Å². The van der Waals surface area contributed by atoms with E-state index >= 15 is 0 Å². The molecular weight excluding hydrogens is 335 g/mol. The third kappa shape index (κ3) is 5.58. The minimum Gasteiger partial charge on any atom is -0.385 e. The van der Waals surface area contributed by atoms with Crippen LogP contribution in [-0.2, 0) is 4.74 Å². The van der Waals surface area contributed by atoms with Crippen LogP contribution in [0.15, 0.2) is 24.3 Å². The highest BCUT2D eigenvalue weighted by Crippen LogP contribution is 2.18. The van der Waals surface area contributed by atoms with Gasteiger partial charge in [-0.25, -0.2) is 4.39 Å². The van der Waals surface area contributed by atoms with Crippen molar-refractivity contribution in [2.75, 3.05) is 52.5 Å². The van der Waals surface area contributed by atoms with Crippen LogP contribution in [0, 0.1) is 5.82 Å². The lowest BCUT2D eigenvalue weighted by Gasteiger charge is -2.34. The van der Waals surface area contributed by atoms with E-state index in [4.69, 9.17) is 4.74 Å². The number of likely N-dealkylation sites (tertiary alicyclic amines) is 1. The highest BCUT2D eigenvalue weighted by atomic mass is 19.1. The highest BCUT2D eigenvalue weighted by Gasteiger charge is 2.34. The maximum atomic E-state index is 12.9. The first-order chi connectivity index (χ1) is 12.5. The number of halogens is 1. The van der Waals surface area contributed by atoms with Crippen LogP contribution in [0.4, 0.5) is 4.39 Å². The van der Waals surface area contributed by atoms with Crippen LogP contribution in [0.25, 0.3) is 0 Å². The van der Waals surface area contributed by atoms with Gasteiger partial charge in [-0.3, -0.25) is 9.69 Å². The molecule has 5 nitrogen and oxygen atoms in total. The van der Waals surface area contributed by atoms with Crippen LogP contribution in [0.1, 0.15) is 36.0 Å². The normalized spacial score (nSPS) is 25.3. The van der Waals surface area contributed by atoms with E-state index in [9.17, 15) is 14.3 Å². The fourth-order valence-electron chi connectivity index (χ4n) is 3.88. The third-order valence-corrected chi connectivity index (χ3v) is 5.20. The summed E-state index contributed by atoms with van der Waals surface area (Å²) in [6.07, 6.45) is 3.54. The Kier molecular flexibility index (Phi) is 6.75. The minimum absolute atomic E-state index is 0.0309. The second-order valence-corrected chi connectivity index (χ2v) is 7.57. The summed E-state index contributed by atoms with van der Waals surface area (Å²) >= 11 is 0. The van der Waals surface area contributed by atoms with Crippen molar-refractivity contribution in [1.29, 1.82) is 0 Å². The van der Waals surface area contributed by atoms with E-state index in [0.29, 0.717) is 38.3 Å². The van der Waals surface area contributed by atoms with Gasteiger partial charge in [-0.05, 0) is 63.2 Å². The molecule has 144 valence electrons. The van der Waals surface area contributed by atoms with Gasteiger partial charge in [-0.1, -0.05) is 0 Å². The Balaban J connectivity index is 1.47. The predicted molar refractivity (Wildman–Crippen MR) is 97.8 cm³/mol. The van der Waals surface area contributed by atoms with E-state index in [1.807, 2.05) is 0 Å². The van der Waals surface area contributed by atoms with Crippen LogP contribution in [0.3, 0.4) is 0 Å². The molecular formula is C20H29FN2O3. The topological polar surface area (TPSA) is 53.0 Å². The number of carbonyl (C=O) groups is 1. The summed E-state index contributed by atoms with van der Waals surface area (Å²) < 4.78 is 18.6. The molecule has 0 bridgehead atoms. The van der Waals surface area contributed by atoms with Crippen molar-refractivity contribution in [2.45, 2.75) is 31.3 Å². The Hall–Kier alpha value is -1.34. The third-order valence-electron chi connectivity index (χ3n) is 5.20. The molecule has 0 radical (unpaired) electrons. The summed E-state index contributed by atoms with van der Waals surface area (Å²) in [7, 11) is 0. The SMILES string of the molecule is O=C(CCCN1CCOC[C@](O)(CN2CCCC2)C1)c1ccc(F)cc1. The number of carbonyl (C=O) groups excluding carboxylic acids is 1. The number of benzene rings is 1. The number of aliphatic hydroxyl groups is 1. The van der Waals surface area contributed by atoms with Crippen LogP contribution < -0.4 is 0 Å². The number of nitrogens with zero attached hydrogens (tertiary/aromatic N) is 2. The zero-order chi connectivity index (χ0) is 18.4. The van der Waals surface area contributed by atoms with Gasteiger partial charge < -0.3 is 14.7 Å². The van der Waals surface area contributed by atoms with Crippen molar-refractivity contribution in [3.05, 3.63) is 35.6 Å². The van der Waals surface area contributed by atoms with Crippen LogP contribution in [0.2, 0.25) is 0 Å². The zero-order valence-corrected chi connectivity index (χ0v) is 15.3. The summed E-state index contributed by atoms with van der Waals surface area (Å²) in [5.41, 5.74) is -0.293. The fraction of sp³-hybridized carbons (Fsp3) is 0.650. The molecule has 0 saturated carbocycles. The second kappa shape index (κ2) is 9.04. The van der Waals surface area contributed by atoms with E-state index in [1.54, 1.807) is 0 Å². The monoisotopic (exact) mass is 364 g/mol. The van der Waals surface area contributed by atoms with Crippen molar-refractivity contribution in [3.8, 4) is 0 Å². The highest BCUT2D eigenvalue weighted by molar-refractivity contribution is 5.95. The Labute approximate surface area is 154 Å². The number of Topliss-reactive ketones (excluding diaryl/α,β-unsaturated/α-hetero) is 1. The lowest BCUT2D eigenvalue weighted by molar-refractivity contribution is -0.0543. The average Bonchev–Trinajstić information content (AvgIpc) is 3.04. The van der Waals surface area contributed by atoms with E-state index in [0.717, 1.165) is 32.6 Å². The number of hydrogen-bond donors (Lipinski definition) is 1. The van der Waals surface area contributed by atoms with Gasteiger partial charge in [0.2, 0.25) is 0 Å². The molecule has 2 aliphatic heterocycles. The molecule has 2 aliphatic rings. The predicted octanol–water partition coefficient (Wildman–Crippen LogP) is 1.95. The Morgan fingerprint density at radius 1 is 1.15 bits per heavy atom. The van der Waals surface area contributed by atoms with Gasteiger partial charge in [0.1, 0.15) is 11.4 Å². The molecule has 2 saturated heterocycles. The fourth-order valence-corrected chi connectivity index (χ4v) is 3.88. The largest absolute Gasteiger partial charge is 0.385 e. The van der Waals surface area contributed by atoms with Gasteiger partial charge in [0.25, 0.3) is 0 Å². The Bertz CT molecular complexity index is 589. The summed E-state index contributed by atoms with van der Waals surface area (Å²) in [5.74, 6) is -0.299. The molecule has 2 fully saturated rings. The van der Waals surface area contributed by atoms with Gasteiger partial charge >= 0.3 is 0 Å². The first-order valence-electron chi connectivity index (χ1n) is 9.58.